The fourth-order valence-corrected chi connectivity index (χ4v) is 2.93. The van der Waals surface area contributed by atoms with Crippen LogP contribution < -0.4 is 0 Å². The predicted octanol–water partition coefficient (Wildman–Crippen LogP) is 0.828. The van der Waals surface area contributed by atoms with Crippen LogP contribution in [0.4, 0.5) is 0 Å². The van der Waals surface area contributed by atoms with Crippen LogP contribution >= 0.6 is 0 Å². The number of aromatic carboxylic acids is 1. The van der Waals surface area contributed by atoms with Crippen molar-refractivity contribution in [1.29, 1.82) is 0 Å². The molecule has 2 amide bonds. The highest BCUT2D eigenvalue weighted by atomic mass is 16.4. The van der Waals surface area contributed by atoms with Gasteiger partial charge in [0.25, 0.3) is 5.91 Å². The molecule has 8 nitrogen and oxygen atoms in total. The number of piperidine rings is 1. The van der Waals surface area contributed by atoms with E-state index >= 15 is 0 Å². The summed E-state index contributed by atoms with van der Waals surface area (Å²) in [4.78, 5) is 45.7. The number of hydrogen-bond donors (Lipinski definition) is 2. The van der Waals surface area contributed by atoms with Gasteiger partial charge in [0.05, 0.1) is 12.2 Å². The molecule has 0 unspecified atom stereocenters. The van der Waals surface area contributed by atoms with Crippen molar-refractivity contribution in [2.45, 2.75) is 26.7 Å². The quantitative estimate of drug-likeness (QED) is 0.835. The highest BCUT2D eigenvalue weighted by Gasteiger charge is 2.33. The van der Waals surface area contributed by atoms with E-state index in [0.717, 1.165) is 12.8 Å². The van der Waals surface area contributed by atoms with Crippen LogP contribution in [0.3, 0.4) is 0 Å². The Morgan fingerprint density at radius 1 is 1.39 bits per heavy atom. The van der Waals surface area contributed by atoms with Crippen LogP contribution in [0.2, 0.25) is 0 Å². The van der Waals surface area contributed by atoms with Crippen LogP contribution in [0.25, 0.3) is 0 Å². The summed E-state index contributed by atoms with van der Waals surface area (Å²) in [7, 11) is 0. The lowest BCUT2D eigenvalue weighted by Gasteiger charge is -2.34. The molecular weight excluding hydrogens is 300 g/mol. The molecule has 0 saturated carbocycles. The number of aromatic amines is 1. The molecule has 2 heterocycles. The molecule has 2 rings (SSSR count). The molecule has 0 radical (unpaired) electrons. The van der Waals surface area contributed by atoms with Gasteiger partial charge in [-0.15, -0.1) is 0 Å². The van der Waals surface area contributed by atoms with Gasteiger partial charge in [0.1, 0.15) is 0 Å². The van der Waals surface area contributed by atoms with E-state index in [9.17, 15) is 14.4 Å². The van der Waals surface area contributed by atoms with E-state index in [0.29, 0.717) is 26.2 Å². The summed E-state index contributed by atoms with van der Waals surface area (Å²) in [6, 6.07) is 0. The lowest BCUT2D eigenvalue weighted by atomic mass is 9.96. The summed E-state index contributed by atoms with van der Waals surface area (Å²) in [5, 5.41) is 9.08. The molecular formula is C15H22N4O4. The number of amides is 2. The number of aromatic nitrogens is 2. The molecule has 1 fully saturated rings. The van der Waals surface area contributed by atoms with Crippen LogP contribution in [0.1, 0.15) is 47.7 Å². The number of carbonyl (C=O) groups is 3. The monoisotopic (exact) mass is 322 g/mol. The number of carboxylic acids is 1. The Labute approximate surface area is 134 Å². The summed E-state index contributed by atoms with van der Waals surface area (Å²) in [6.45, 7) is 5.95. The molecule has 1 aliphatic heterocycles. The van der Waals surface area contributed by atoms with Crippen molar-refractivity contribution >= 4 is 17.8 Å². The van der Waals surface area contributed by atoms with Crippen molar-refractivity contribution in [2.75, 3.05) is 26.2 Å². The van der Waals surface area contributed by atoms with E-state index in [1.807, 2.05) is 13.8 Å². The van der Waals surface area contributed by atoms with Crippen molar-refractivity contribution in [3.63, 3.8) is 0 Å². The minimum atomic E-state index is -1.22. The van der Waals surface area contributed by atoms with E-state index in [2.05, 4.69) is 9.97 Å². The molecule has 1 atom stereocenters. The highest BCUT2D eigenvalue weighted by Crippen LogP contribution is 2.21. The van der Waals surface area contributed by atoms with Gasteiger partial charge in [0.2, 0.25) is 5.91 Å². The van der Waals surface area contributed by atoms with Gasteiger partial charge in [-0.3, -0.25) is 9.59 Å². The first kappa shape index (κ1) is 17.0. The smallest absolute Gasteiger partial charge is 0.354 e. The third kappa shape index (κ3) is 3.52. The van der Waals surface area contributed by atoms with Crippen LogP contribution in [0.15, 0.2) is 6.33 Å². The van der Waals surface area contributed by atoms with Gasteiger partial charge < -0.3 is 19.9 Å². The summed E-state index contributed by atoms with van der Waals surface area (Å²) in [6.07, 6.45) is 2.65. The van der Waals surface area contributed by atoms with Crippen molar-refractivity contribution in [3.8, 4) is 0 Å². The van der Waals surface area contributed by atoms with E-state index < -0.39 is 11.9 Å². The molecule has 0 spiro atoms. The van der Waals surface area contributed by atoms with Gasteiger partial charge in [-0.25, -0.2) is 9.78 Å². The minimum Gasteiger partial charge on any atom is -0.477 e. The summed E-state index contributed by atoms with van der Waals surface area (Å²) >= 11 is 0. The van der Waals surface area contributed by atoms with Crippen LogP contribution in [-0.4, -0.2) is 68.8 Å². The zero-order valence-corrected chi connectivity index (χ0v) is 13.4. The van der Waals surface area contributed by atoms with Crippen molar-refractivity contribution in [1.82, 2.24) is 19.8 Å². The zero-order chi connectivity index (χ0) is 17.0. The Hall–Kier alpha value is -2.38. The van der Waals surface area contributed by atoms with Crippen molar-refractivity contribution < 1.29 is 19.5 Å². The maximum absolute atomic E-state index is 12.5. The van der Waals surface area contributed by atoms with Crippen LogP contribution in [0.5, 0.6) is 0 Å². The maximum Gasteiger partial charge on any atom is 0.354 e. The molecule has 23 heavy (non-hydrogen) atoms. The number of imidazole rings is 1. The fourth-order valence-electron chi connectivity index (χ4n) is 2.93. The predicted molar refractivity (Wildman–Crippen MR) is 82.1 cm³/mol. The SMILES string of the molecule is CCN(CC)C(=O)[C@H]1CCCN(C(=O)c2nc[nH]c2C(=O)O)C1. The van der Waals surface area contributed by atoms with E-state index in [-0.39, 0.29) is 23.2 Å². The van der Waals surface area contributed by atoms with Gasteiger partial charge in [-0.05, 0) is 26.7 Å². The number of likely N-dealkylation sites (tertiary alicyclic amines) is 1. The molecule has 2 N–H and O–H groups in total. The topological polar surface area (TPSA) is 107 Å². The average Bonchev–Trinajstić information content (AvgIpc) is 3.05. The normalized spacial score (nSPS) is 17.8. The fraction of sp³-hybridized carbons (Fsp3) is 0.600. The number of nitrogens with one attached hydrogen (secondary N) is 1. The first-order chi connectivity index (χ1) is 11.0. The van der Waals surface area contributed by atoms with E-state index in [4.69, 9.17) is 5.11 Å². The highest BCUT2D eigenvalue weighted by molar-refractivity contribution is 6.02. The molecule has 1 aromatic rings. The molecule has 0 aliphatic carbocycles. The number of rotatable bonds is 5. The molecule has 126 valence electrons. The first-order valence-corrected chi connectivity index (χ1v) is 7.84. The summed E-state index contributed by atoms with van der Waals surface area (Å²) in [5.41, 5.74) is -0.319. The maximum atomic E-state index is 12.5. The third-order valence-corrected chi connectivity index (χ3v) is 4.19. The summed E-state index contributed by atoms with van der Waals surface area (Å²) < 4.78 is 0. The second kappa shape index (κ2) is 7.26. The molecule has 1 aliphatic rings. The van der Waals surface area contributed by atoms with E-state index in [1.54, 1.807) is 4.90 Å². The minimum absolute atomic E-state index is 0.0491. The standard InChI is InChI=1S/C15H22N4O4/c1-3-18(4-2)13(20)10-6-5-7-19(8-10)14(21)11-12(15(22)23)17-9-16-11/h9-10H,3-8H2,1-2H3,(H,16,17)(H,22,23)/t10-/m0/s1. The van der Waals surface area contributed by atoms with Gasteiger partial charge >= 0.3 is 5.97 Å². The van der Waals surface area contributed by atoms with Crippen LogP contribution in [0, 0.1) is 5.92 Å². The Morgan fingerprint density at radius 2 is 2.09 bits per heavy atom. The molecule has 1 saturated heterocycles. The average molecular weight is 322 g/mol. The van der Waals surface area contributed by atoms with Crippen LogP contribution in [-0.2, 0) is 4.79 Å². The number of hydrogen-bond acceptors (Lipinski definition) is 4. The third-order valence-electron chi connectivity index (χ3n) is 4.19. The molecule has 0 bridgehead atoms. The first-order valence-electron chi connectivity index (χ1n) is 7.84. The Balaban J connectivity index is 2.11. The number of carboxylic acid groups (broad SMARTS) is 1. The van der Waals surface area contributed by atoms with Gasteiger partial charge in [-0.2, -0.15) is 0 Å². The lowest BCUT2D eigenvalue weighted by molar-refractivity contribution is -0.136. The zero-order valence-electron chi connectivity index (χ0n) is 13.4. The number of carbonyl (C=O) groups excluding carboxylic acids is 2. The Kier molecular flexibility index (Phi) is 5.36. The Morgan fingerprint density at radius 3 is 2.70 bits per heavy atom. The molecule has 0 aromatic carbocycles. The second-order valence-corrected chi connectivity index (χ2v) is 5.53. The van der Waals surface area contributed by atoms with Gasteiger partial charge in [0.15, 0.2) is 11.4 Å². The Bertz CT molecular complexity index is 594. The number of nitrogens with zero attached hydrogens (tertiary/aromatic N) is 3. The van der Waals surface area contributed by atoms with Crippen molar-refractivity contribution in [3.05, 3.63) is 17.7 Å². The largest absolute Gasteiger partial charge is 0.477 e. The molecule has 1 aromatic heterocycles. The number of H-pyrrole nitrogens is 1. The van der Waals surface area contributed by atoms with Crippen molar-refractivity contribution in [2.24, 2.45) is 5.92 Å². The summed E-state index contributed by atoms with van der Waals surface area (Å²) in [5.74, 6) is -1.85. The molecule has 8 heteroatoms. The second-order valence-electron chi connectivity index (χ2n) is 5.53. The van der Waals surface area contributed by atoms with Gasteiger partial charge in [0, 0.05) is 26.2 Å². The lowest BCUT2D eigenvalue weighted by Crippen LogP contribution is -2.47. The van der Waals surface area contributed by atoms with Gasteiger partial charge in [-0.1, -0.05) is 0 Å². The van der Waals surface area contributed by atoms with E-state index in [1.165, 1.54) is 11.2 Å².